The van der Waals surface area contributed by atoms with Crippen LogP contribution in [-0.4, -0.2) is 23.9 Å². The van der Waals surface area contributed by atoms with Crippen LogP contribution in [0.25, 0.3) is 0 Å². The maximum Gasteiger partial charge on any atom is 0.270 e. The van der Waals surface area contributed by atoms with Gasteiger partial charge in [0, 0.05) is 30.8 Å². The van der Waals surface area contributed by atoms with Crippen molar-refractivity contribution in [1.29, 1.82) is 0 Å². The number of hydrogen-bond donors (Lipinski definition) is 2. The molecular weight excluding hydrogens is 210 g/mol. The van der Waals surface area contributed by atoms with Gasteiger partial charge in [0.05, 0.1) is 4.92 Å². The van der Waals surface area contributed by atoms with Gasteiger partial charge < -0.3 is 11.1 Å². The molecule has 86 valence electrons. The minimum atomic E-state index is -0.521. The number of nitrogens with two attached hydrogens (primary N) is 1. The average molecular weight is 223 g/mol. The van der Waals surface area contributed by atoms with Crippen molar-refractivity contribution in [3.05, 3.63) is 39.4 Å². The second kappa shape index (κ2) is 5.22. The molecule has 0 aliphatic rings. The third kappa shape index (κ3) is 3.03. The van der Waals surface area contributed by atoms with E-state index in [1.807, 2.05) is 0 Å². The van der Waals surface area contributed by atoms with E-state index in [2.05, 4.69) is 5.32 Å². The highest BCUT2D eigenvalue weighted by molar-refractivity contribution is 5.95. The Morgan fingerprint density at radius 2 is 2.19 bits per heavy atom. The molecule has 0 bridgehead atoms. The molecule has 1 aromatic rings. The summed E-state index contributed by atoms with van der Waals surface area (Å²) in [5, 5.41) is 13.2. The van der Waals surface area contributed by atoms with Crippen LogP contribution in [0.2, 0.25) is 0 Å². The zero-order valence-electron chi connectivity index (χ0n) is 8.90. The fraction of sp³-hybridized carbons (Fsp3) is 0.300. The van der Waals surface area contributed by atoms with Gasteiger partial charge in [0.25, 0.3) is 11.6 Å². The van der Waals surface area contributed by atoms with E-state index in [0.717, 1.165) is 0 Å². The average Bonchev–Trinajstić information content (AvgIpc) is 2.24. The SMILES string of the molecule is Cc1cc(C(=O)NCCN)cc([N+](=O)[O-])c1. The minimum Gasteiger partial charge on any atom is -0.351 e. The quantitative estimate of drug-likeness (QED) is 0.576. The van der Waals surface area contributed by atoms with Crippen molar-refractivity contribution < 1.29 is 9.72 Å². The Labute approximate surface area is 92.6 Å². The zero-order valence-corrected chi connectivity index (χ0v) is 8.90. The largest absolute Gasteiger partial charge is 0.351 e. The van der Waals surface area contributed by atoms with Crippen LogP contribution in [0.3, 0.4) is 0 Å². The Bertz CT molecular complexity index is 418. The lowest BCUT2D eigenvalue weighted by Crippen LogP contribution is -2.29. The summed E-state index contributed by atoms with van der Waals surface area (Å²) >= 11 is 0. The second-order valence-electron chi connectivity index (χ2n) is 3.36. The lowest BCUT2D eigenvalue weighted by Gasteiger charge is -2.04. The number of nitrogens with zero attached hydrogens (tertiary/aromatic N) is 1. The molecule has 0 aromatic heterocycles. The molecule has 0 heterocycles. The Balaban J connectivity index is 2.95. The number of benzene rings is 1. The van der Waals surface area contributed by atoms with Crippen LogP contribution in [-0.2, 0) is 0 Å². The number of amides is 1. The van der Waals surface area contributed by atoms with E-state index < -0.39 is 4.92 Å². The van der Waals surface area contributed by atoms with Gasteiger partial charge in [-0.25, -0.2) is 0 Å². The van der Waals surface area contributed by atoms with Gasteiger partial charge in [-0.3, -0.25) is 14.9 Å². The molecule has 0 saturated carbocycles. The number of nitrogens with one attached hydrogen (secondary N) is 1. The van der Waals surface area contributed by atoms with Crippen LogP contribution in [0.4, 0.5) is 5.69 Å². The van der Waals surface area contributed by atoms with Crippen LogP contribution in [0.15, 0.2) is 18.2 Å². The van der Waals surface area contributed by atoms with Crippen molar-refractivity contribution >= 4 is 11.6 Å². The van der Waals surface area contributed by atoms with Gasteiger partial charge in [-0.1, -0.05) is 0 Å². The first-order valence-corrected chi connectivity index (χ1v) is 4.79. The molecule has 0 radical (unpaired) electrons. The first-order valence-electron chi connectivity index (χ1n) is 4.79. The topological polar surface area (TPSA) is 98.3 Å². The van der Waals surface area contributed by atoms with Crippen molar-refractivity contribution in [2.75, 3.05) is 13.1 Å². The molecule has 0 saturated heterocycles. The third-order valence-electron chi connectivity index (χ3n) is 1.97. The molecule has 1 aromatic carbocycles. The van der Waals surface area contributed by atoms with Crippen LogP contribution in [0.5, 0.6) is 0 Å². The van der Waals surface area contributed by atoms with Gasteiger partial charge in [0.1, 0.15) is 0 Å². The molecule has 0 atom stereocenters. The number of carbonyl (C=O) groups excluding carboxylic acids is 1. The Morgan fingerprint density at radius 1 is 1.50 bits per heavy atom. The van der Waals surface area contributed by atoms with Gasteiger partial charge >= 0.3 is 0 Å². The summed E-state index contributed by atoms with van der Waals surface area (Å²) < 4.78 is 0. The third-order valence-corrected chi connectivity index (χ3v) is 1.97. The monoisotopic (exact) mass is 223 g/mol. The molecule has 0 unspecified atom stereocenters. The molecular formula is C10H13N3O3. The number of aryl methyl sites for hydroxylation is 1. The van der Waals surface area contributed by atoms with Gasteiger partial charge in [0.2, 0.25) is 0 Å². The second-order valence-corrected chi connectivity index (χ2v) is 3.36. The lowest BCUT2D eigenvalue weighted by molar-refractivity contribution is -0.384. The smallest absolute Gasteiger partial charge is 0.270 e. The van der Waals surface area contributed by atoms with Crippen LogP contribution < -0.4 is 11.1 Å². The molecule has 3 N–H and O–H groups in total. The highest BCUT2D eigenvalue weighted by atomic mass is 16.6. The predicted octanol–water partition coefficient (Wildman–Crippen LogP) is 0.592. The summed E-state index contributed by atoms with van der Waals surface area (Å²) in [5.74, 6) is -0.350. The van der Waals surface area contributed by atoms with Crippen molar-refractivity contribution in [2.45, 2.75) is 6.92 Å². The number of non-ortho nitro benzene ring substituents is 1. The Hall–Kier alpha value is -1.95. The van der Waals surface area contributed by atoms with Crippen LogP contribution in [0, 0.1) is 17.0 Å². The number of hydrogen-bond acceptors (Lipinski definition) is 4. The first kappa shape index (κ1) is 12.1. The fourth-order valence-corrected chi connectivity index (χ4v) is 1.29. The predicted molar refractivity (Wildman–Crippen MR) is 59.2 cm³/mol. The summed E-state index contributed by atoms with van der Waals surface area (Å²) in [6.07, 6.45) is 0. The summed E-state index contributed by atoms with van der Waals surface area (Å²) in [4.78, 5) is 21.6. The number of nitro benzene ring substituents is 1. The number of rotatable bonds is 4. The molecule has 1 rings (SSSR count). The highest BCUT2D eigenvalue weighted by Crippen LogP contribution is 2.16. The standard InChI is InChI=1S/C10H13N3O3/c1-7-4-8(10(14)12-3-2-11)6-9(5-7)13(15)16/h4-6H,2-3,11H2,1H3,(H,12,14). The summed E-state index contributed by atoms with van der Waals surface area (Å²) in [6.45, 7) is 2.38. The maximum absolute atomic E-state index is 11.5. The van der Waals surface area contributed by atoms with Crippen molar-refractivity contribution in [1.82, 2.24) is 5.32 Å². The highest BCUT2D eigenvalue weighted by Gasteiger charge is 2.12. The molecule has 16 heavy (non-hydrogen) atoms. The van der Waals surface area contributed by atoms with Gasteiger partial charge in [-0.2, -0.15) is 0 Å². The molecule has 0 aliphatic heterocycles. The van der Waals surface area contributed by atoms with E-state index >= 15 is 0 Å². The molecule has 1 amide bonds. The van der Waals surface area contributed by atoms with Crippen molar-refractivity contribution in [3.63, 3.8) is 0 Å². The molecule has 6 heteroatoms. The summed E-state index contributed by atoms with van der Waals surface area (Å²) in [6, 6.07) is 4.26. The van der Waals surface area contributed by atoms with E-state index in [-0.39, 0.29) is 17.2 Å². The van der Waals surface area contributed by atoms with E-state index in [9.17, 15) is 14.9 Å². The first-order chi connectivity index (χ1) is 7.54. The van der Waals surface area contributed by atoms with E-state index in [1.165, 1.54) is 12.1 Å². The van der Waals surface area contributed by atoms with Crippen molar-refractivity contribution in [3.8, 4) is 0 Å². The van der Waals surface area contributed by atoms with Crippen LogP contribution >= 0.6 is 0 Å². The maximum atomic E-state index is 11.5. The molecule has 0 fully saturated rings. The van der Waals surface area contributed by atoms with Crippen molar-refractivity contribution in [2.24, 2.45) is 5.73 Å². The van der Waals surface area contributed by atoms with Gasteiger partial charge in [-0.05, 0) is 18.6 Å². The number of nitro groups is 1. The van der Waals surface area contributed by atoms with E-state index in [4.69, 9.17) is 5.73 Å². The molecule has 0 spiro atoms. The Morgan fingerprint density at radius 3 is 2.75 bits per heavy atom. The summed E-state index contributed by atoms with van der Waals surface area (Å²) in [5.41, 5.74) is 6.11. The lowest BCUT2D eigenvalue weighted by atomic mass is 10.1. The van der Waals surface area contributed by atoms with Crippen LogP contribution in [0.1, 0.15) is 15.9 Å². The normalized spacial score (nSPS) is 9.88. The molecule has 6 nitrogen and oxygen atoms in total. The van der Waals surface area contributed by atoms with E-state index in [1.54, 1.807) is 13.0 Å². The Kier molecular flexibility index (Phi) is 3.96. The minimum absolute atomic E-state index is 0.0853. The van der Waals surface area contributed by atoms with Gasteiger partial charge in [-0.15, -0.1) is 0 Å². The summed E-state index contributed by atoms with van der Waals surface area (Å²) in [7, 11) is 0. The molecule has 0 aliphatic carbocycles. The van der Waals surface area contributed by atoms with Gasteiger partial charge in [0.15, 0.2) is 0 Å². The fourth-order valence-electron chi connectivity index (χ4n) is 1.29. The van der Waals surface area contributed by atoms with E-state index in [0.29, 0.717) is 18.7 Å². The zero-order chi connectivity index (χ0) is 12.1. The number of carbonyl (C=O) groups is 1.